The van der Waals surface area contributed by atoms with Gasteiger partial charge in [-0.05, 0) is 36.8 Å². The van der Waals surface area contributed by atoms with E-state index in [1.807, 2.05) is 37.3 Å². The van der Waals surface area contributed by atoms with Crippen LogP contribution in [0.2, 0.25) is 0 Å². The minimum Gasteiger partial charge on any atom is -0.493 e. The number of benzene rings is 2. The molecule has 0 saturated heterocycles. The standard InChI is InChI=1S/C21H27BrN2O5/c1-15-3-5-17(6-4-15)24-21(26)14-29-20-12-18(22)16(11-19(20)27-2)13-23-7-9-28-10-8-25/h3-6,11-12,23,25H,7-10,13-14H2,1-2H3,(H,24,26). The highest BCUT2D eigenvalue weighted by Crippen LogP contribution is 2.33. The molecule has 29 heavy (non-hydrogen) atoms. The molecule has 0 fully saturated rings. The van der Waals surface area contributed by atoms with Crippen LogP contribution in [-0.4, -0.2) is 51.1 Å². The first kappa shape index (κ1) is 23.2. The molecule has 0 aliphatic heterocycles. The van der Waals surface area contributed by atoms with Gasteiger partial charge in [0.1, 0.15) is 0 Å². The molecule has 0 aliphatic carbocycles. The third-order valence-corrected chi connectivity index (χ3v) is 4.74. The van der Waals surface area contributed by atoms with Crippen molar-refractivity contribution in [3.05, 3.63) is 52.0 Å². The lowest BCUT2D eigenvalue weighted by Crippen LogP contribution is -2.21. The van der Waals surface area contributed by atoms with E-state index in [0.29, 0.717) is 37.8 Å². The van der Waals surface area contributed by atoms with Gasteiger partial charge in [0.05, 0.1) is 26.9 Å². The minimum absolute atomic E-state index is 0.0211. The number of hydrogen-bond acceptors (Lipinski definition) is 6. The van der Waals surface area contributed by atoms with E-state index in [1.165, 1.54) is 0 Å². The summed E-state index contributed by atoms with van der Waals surface area (Å²) in [5, 5.41) is 14.7. The maximum Gasteiger partial charge on any atom is 0.262 e. The monoisotopic (exact) mass is 466 g/mol. The number of aliphatic hydroxyl groups excluding tert-OH is 1. The predicted octanol–water partition coefficient (Wildman–Crippen LogP) is 2.88. The predicted molar refractivity (Wildman–Crippen MR) is 116 cm³/mol. The molecule has 3 N–H and O–H groups in total. The molecule has 7 nitrogen and oxygen atoms in total. The fourth-order valence-corrected chi connectivity index (χ4v) is 2.96. The number of nitrogens with one attached hydrogen (secondary N) is 2. The summed E-state index contributed by atoms with van der Waals surface area (Å²) in [6.07, 6.45) is 0. The van der Waals surface area contributed by atoms with E-state index < -0.39 is 0 Å². The highest BCUT2D eigenvalue weighted by molar-refractivity contribution is 9.10. The lowest BCUT2D eigenvalue weighted by atomic mass is 10.2. The first-order valence-electron chi connectivity index (χ1n) is 9.28. The Hall–Kier alpha value is -2.13. The van der Waals surface area contributed by atoms with Crippen molar-refractivity contribution < 1.29 is 24.1 Å². The van der Waals surface area contributed by atoms with Crippen molar-refractivity contribution in [2.75, 3.05) is 45.4 Å². The molecule has 0 aromatic heterocycles. The van der Waals surface area contributed by atoms with Crippen LogP contribution in [0.3, 0.4) is 0 Å². The Labute approximate surface area is 179 Å². The molecule has 2 aromatic rings. The molecule has 8 heteroatoms. The number of aryl methyl sites for hydroxylation is 1. The van der Waals surface area contributed by atoms with E-state index in [1.54, 1.807) is 13.2 Å². The van der Waals surface area contributed by atoms with Crippen molar-refractivity contribution in [1.82, 2.24) is 5.32 Å². The van der Waals surface area contributed by atoms with Crippen molar-refractivity contribution in [3.8, 4) is 11.5 Å². The number of aliphatic hydroxyl groups is 1. The van der Waals surface area contributed by atoms with Crippen LogP contribution in [-0.2, 0) is 16.1 Å². The summed E-state index contributed by atoms with van der Waals surface area (Å²) in [6.45, 7) is 4.00. The molecule has 0 heterocycles. The number of methoxy groups -OCH3 is 1. The Morgan fingerprint density at radius 3 is 2.59 bits per heavy atom. The topological polar surface area (TPSA) is 89.1 Å². The largest absolute Gasteiger partial charge is 0.493 e. The van der Waals surface area contributed by atoms with Crippen LogP contribution in [0.4, 0.5) is 5.69 Å². The molecule has 0 radical (unpaired) electrons. The molecule has 0 spiro atoms. The van der Waals surface area contributed by atoms with Crippen molar-refractivity contribution >= 4 is 27.5 Å². The highest BCUT2D eigenvalue weighted by Gasteiger charge is 2.12. The molecule has 0 aliphatic rings. The number of halogens is 1. The second-order valence-electron chi connectivity index (χ2n) is 6.31. The molecule has 2 aromatic carbocycles. The van der Waals surface area contributed by atoms with Crippen LogP contribution in [0.15, 0.2) is 40.9 Å². The van der Waals surface area contributed by atoms with Gasteiger partial charge in [-0.1, -0.05) is 33.6 Å². The molecule has 0 saturated carbocycles. The number of ether oxygens (including phenoxy) is 3. The maximum atomic E-state index is 12.1. The number of carbonyl (C=O) groups excluding carboxylic acids is 1. The van der Waals surface area contributed by atoms with E-state index in [0.717, 1.165) is 21.3 Å². The zero-order valence-electron chi connectivity index (χ0n) is 16.7. The van der Waals surface area contributed by atoms with E-state index in [-0.39, 0.29) is 19.1 Å². The lowest BCUT2D eigenvalue weighted by molar-refractivity contribution is -0.118. The Morgan fingerprint density at radius 1 is 1.14 bits per heavy atom. The van der Waals surface area contributed by atoms with Gasteiger partial charge in [-0.3, -0.25) is 4.79 Å². The Kier molecular flexibility index (Phi) is 9.93. The summed E-state index contributed by atoms with van der Waals surface area (Å²) in [6, 6.07) is 11.2. The average molecular weight is 467 g/mol. The Bertz CT molecular complexity index is 783. The molecule has 0 atom stereocenters. The average Bonchev–Trinajstić information content (AvgIpc) is 2.71. The quantitative estimate of drug-likeness (QED) is 0.416. The summed E-state index contributed by atoms with van der Waals surface area (Å²) in [5.41, 5.74) is 2.84. The summed E-state index contributed by atoms with van der Waals surface area (Å²) < 4.78 is 17.1. The van der Waals surface area contributed by atoms with E-state index in [9.17, 15) is 4.79 Å². The normalized spacial score (nSPS) is 10.6. The molecule has 0 unspecified atom stereocenters. The molecule has 1 amide bonds. The summed E-state index contributed by atoms with van der Waals surface area (Å²) in [4.78, 5) is 12.1. The molecule has 2 rings (SSSR count). The number of hydrogen-bond donors (Lipinski definition) is 3. The summed E-state index contributed by atoms with van der Waals surface area (Å²) in [7, 11) is 1.56. The van der Waals surface area contributed by atoms with Crippen molar-refractivity contribution in [2.24, 2.45) is 0 Å². The van der Waals surface area contributed by atoms with Gasteiger partial charge in [0, 0.05) is 23.2 Å². The zero-order chi connectivity index (χ0) is 21.1. The van der Waals surface area contributed by atoms with Gasteiger partial charge in [-0.25, -0.2) is 0 Å². The second-order valence-corrected chi connectivity index (χ2v) is 7.16. The second kappa shape index (κ2) is 12.4. The van der Waals surface area contributed by atoms with Gasteiger partial charge in [0.15, 0.2) is 18.1 Å². The summed E-state index contributed by atoms with van der Waals surface area (Å²) >= 11 is 3.53. The fraction of sp³-hybridized carbons (Fsp3) is 0.381. The summed E-state index contributed by atoms with van der Waals surface area (Å²) in [5.74, 6) is 0.777. The molecular formula is C21H27BrN2O5. The van der Waals surface area contributed by atoms with Gasteiger partial charge in [-0.2, -0.15) is 0 Å². The Balaban J connectivity index is 1.88. The van der Waals surface area contributed by atoms with Gasteiger partial charge < -0.3 is 30.0 Å². The van der Waals surface area contributed by atoms with Crippen LogP contribution in [0.5, 0.6) is 11.5 Å². The van der Waals surface area contributed by atoms with Gasteiger partial charge in [-0.15, -0.1) is 0 Å². The van der Waals surface area contributed by atoms with Gasteiger partial charge in [0.25, 0.3) is 5.91 Å². The highest BCUT2D eigenvalue weighted by atomic mass is 79.9. The van der Waals surface area contributed by atoms with Crippen molar-refractivity contribution in [3.63, 3.8) is 0 Å². The van der Waals surface area contributed by atoms with Crippen molar-refractivity contribution in [2.45, 2.75) is 13.5 Å². The van der Waals surface area contributed by atoms with Gasteiger partial charge >= 0.3 is 0 Å². The van der Waals surface area contributed by atoms with Crippen LogP contribution >= 0.6 is 15.9 Å². The van der Waals surface area contributed by atoms with E-state index in [2.05, 4.69) is 26.6 Å². The number of amides is 1. The van der Waals surface area contributed by atoms with Crippen LogP contribution < -0.4 is 20.1 Å². The SMILES string of the molecule is COc1cc(CNCCOCCO)c(Br)cc1OCC(=O)Nc1ccc(C)cc1. The van der Waals surface area contributed by atoms with Crippen LogP contribution in [0.25, 0.3) is 0 Å². The van der Waals surface area contributed by atoms with Crippen LogP contribution in [0, 0.1) is 6.92 Å². The molecule has 0 bridgehead atoms. The number of anilines is 1. The minimum atomic E-state index is -0.249. The fourth-order valence-electron chi connectivity index (χ4n) is 2.50. The third-order valence-electron chi connectivity index (χ3n) is 4.00. The third kappa shape index (κ3) is 8.02. The first-order valence-corrected chi connectivity index (χ1v) is 10.1. The Morgan fingerprint density at radius 2 is 1.90 bits per heavy atom. The lowest BCUT2D eigenvalue weighted by Gasteiger charge is -2.14. The first-order chi connectivity index (χ1) is 14.0. The maximum absolute atomic E-state index is 12.1. The number of carbonyl (C=O) groups is 1. The zero-order valence-corrected chi connectivity index (χ0v) is 18.3. The van der Waals surface area contributed by atoms with Gasteiger partial charge in [0.2, 0.25) is 0 Å². The number of rotatable bonds is 12. The molecule has 158 valence electrons. The van der Waals surface area contributed by atoms with Crippen LogP contribution in [0.1, 0.15) is 11.1 Å². The van der Waals surface area contributed by atoms with Crippen molar-refractivity contribution in [1.29, 1.82) is 0 Å². The van der Waals surface area contributed by atoms with E-state index in [4.69, 9.17) is 19.3 Å². The van der Waals surface area contributed by atoms with E-state index >= 15 is 0 Å². The molecular weight excluding hydrogens is 440 g/mol. The smallest absolute Gasteiger partial charge is 0.262 e.